The van der Waals surface area contributed by atoms with Crippen LogP contribution in [0, 0.1) is 0 Å². The average Bonchev–Trinajstić information content (AvgIpc) is 3.05. The molecule has 3 rings (SSSR count). The van der Waals surface area contributed by atoms with Crippen molar-refractivity contribution in [1.82, 2.24) is 4.90 Å². The molecule has 0 aliphatic carbocycles. The van der Waals surface area contributed by atoms with Gasteiger partial charge in [-0.1, -0.05) is 60.7 Å². The number of methoxy groups -OCH3 is 1. The van der Waals surface area contributed by atoms with Gasteiger partial charge in [0.05, 0.1) is 19.6 Å². The third-order valence-corrected chi connectivity index (χ3v) is 4.41. The number of amides is 1. The van der Waals surface area contributed by atoms with Crippen molar-refractivity contribution in [1.29, 1.82) is 0 Å². The topological polar surface area (TPSA) is 63.7 Å². The number of ketones is 1. The van der Waals surface area contributed by atoms with E-state index in [4.69, 9.17) is 4.74 Å². The van der Waals surface area contributed by atoms with E-state index >= 15 is 0 Å². The minimum absolute atomic E-state index is 0.00864. The first-order valence-corrected chi connectivity index (χ1v) is 8.11. The predicted octanol–water partition coefficient (Wildman–Crippen LogP) is 2.16. The standard InChI is InChI=1S/C20H19NO4/c1-25-20(24)17-12-16(22)13-21(17)19(23)18(14-8-4-2-5-9-14)15-10-6-3-7-11-15/h2-11,17-18H,12-13H2,1H3/t17-/m0/s1. The summed E-state index contributed by atoms with van der Waals surface area (Å²) >= 11 is 0. The fourth-order valence-corrected chi connectivity index (χ4v) is 3.20. The molecule has 0 saturated carbocycles. The predicted molar refractivity (Wildman–Crippen MR) is 91.9 cm³/mol. The van der Waals surface area contributed by atoms with Gasteiger partial charge in [0, 0.05) is 6.42 Å². The molecule has 2 aromatic carbocycles. The zero-order valence-electron chi connectivity index (χ0n) is 13.9. The number of carbonyl (C=O) groups excluding carboxylic acids is 3. The molecule has 0 aromatic heterocycles. The molecule has 1 saturated heterocycles. The van der Waals surface area contributed by atoms with Gasteiger partial charge in [-0.25, -0.2) is 4.79 Å². The number of hydrogen-bond acceptors (Lipinski definition) is 4. The molecule has 0 bridgehead atoms. The Kier molecular flexibility index (Phi) is 4.93. The van der Waals surface area contributed by atoms with Crippen LogP contribution in [-0.2, 0) is 19.1 Å². The van der Waals surface area contributed by atoms with E-state index in [2.05, 4.69) is 0 Å². The highest BCUT2D eigenvalue weighted by atomic mass is 16.5. The Morgan fingerprint density at radius 1 is 1.00 bits per heavy atom. The van der Waals surface area contributed by atoms with Crippen LogP contribution in [0.3, 0.4) is 0 Å². The molecule has 5 heteroatoms. The number of ether oxygens (including phenoxy) is 1. The smallest absolute Gasteiger partial charge is 0.329 e. The van der Waals surface area contributed by atoms with Gasteiger partial charge < -0.3 is 9.64 Å². The number of benzene rings is 2. The first-order valence-electron chi connectivity index (χ1n) is 8.11. The van der Waals surface area contributed by atoms with E-state index in [1.54, 1.807) is 0 Å². The van der Waals surface area contributed by atoms with Gasteiger partial charge in [-0.2, -0.15) is 0 Å². The molecule has 5 nitrogen and oxygen atoms in total. The van der Waals surface area contributed by atoms with E-state index < -0.39 is 17.9 Å². The van der Waals surface area contributed by atoms with Crippen LogP contribution >= 0.6 is 0 Å². The zero-order chi connectivity index (χ0) is 17.8. The second-order valence-corrected chi connectivity index (χ2v) is 6.00. The van der Waals surface area contributed by atoms with Crippen LogP contribution in [0.15, 0.2) is 60.7 Å². The number of esters is 1. The van der Waals surface area contributed by atoms with Crippen LogP contribution in [0.4, 0.5) is 0 Å². The van der Waals surface area contributed by atoms with Gasteiger partial charge >= 0.3 is 5.97 Å². The molecule has 128 valence electrons. The van der Waals surface area contributed by atoms with Crippen molar-refractivity contribution in [3.63, 3.8) is 0 Å². The molecule has 0 unspecified atom stereocenters. The molecule has 1 atom stereocenters. The summed E-state index contributed by atoms with van der Waals surface area (Å²) in [7, 11) is 1.26. The van der Waals surface area contributed by atoms with Gasteiger partial charge in [-0.15, -0.1) is 0 Å². The van der Waals surface area contributed by atoms with Gasteiger partial charge in [-0.05, 0) is 11.1 Å². The van der Waals surface area contributed by atoms with Gasteiger partial charge in [0.2, 0.25) is 5.91 Å². The van der Waals surface area contributed by atoms with Crippen molar-refractivity contribution in [2.45, 2.75) is 18.4 Å². The summed E-state index contributed by atoms with van der Waals surface area (Å²) in [6, 6.07) is 17.9. The average molecular weight is 337 g/mol. The van der Waals surface area contributed by atoms with Crippen molar-refractivity contribution in [3.8, 4) is 0 Å². The molecular formula is C20H19NO4. The lowest BCUT2D eigenvalue weighted by atomic mass is 9.90. The fraction of sp³-hybridized carbons (Fsp3) is 0.250. The van der Waals surface area contributed by atoms with Crippen LogP contribution < -0.4 is 0 Å². The lowest BCUT2D eigenvalue weighted by Crippen LogP contribution is -2.43. The highest BCUT2D eigenvalue weighted by Crippen LogP contribution is 2.29. The van der Waals surface area contributed by atoms with Gasteiger partial charge in [-0.3, -0.25) is 9.59 Å². The summed E-state index contributed by atoms with van der Waals surface area (Å²) in [6.45, 7) is -0.0607. The number of nitrogens with zero attached hydrogens (tertiary/aromatic N) is 1. The lowest BCUT2D eigenvalue weighted by molar-refractivity contribution is -0.151. The Labute approximate surface area is 146 Å². The summed E-state index contributed by atoms with van der Waals surface area (Å²) in [5.74, 6) is -1.53. The number of likely N-dealkylation sites (tertiary alicyclic amines) is 1. The monoisotopic (exact) mass is 337 g/mol. The Balaban J connectivity index is 2.00. The van der Waals surface area contributed by atoms with Gasteiger partial charge in [0.15, 0.2) is 5.78 Å². The van der Waals surface area contributed by atoms with E-state index in [0.717, 1.165) is 11.1 Å². The summed E-state index contributed by atoms with van der Waals surface area (Å²) in [4.78, 5) is 38.5. The van der Waals surface area contributed by atoms with Crippen molar-refractivity contribution in [3.05, 3.63) is 71.8 Å². The van der Waals surface area contributed by atoms with E-state index in [9.17, 15) is 14.4 Å². The van der Waals surface area contributed by atoms with Crippen LogP contribution in [0.5, 0.6) is 0 Å². The van der Waals surface area contributed by atoms with E-state index in [-0.39, 0.29) is 24.7 Å². The van der Waals surface area contributed by atoms with E-state index in [1.807, 2.05) is 60.7 Å². The maximum absolute atomic E-state index is 13.3. The maximum atomic E-state index is 13.3. The number of Topliss-reactive ketones (excluding diaryl/α,β-unsaturated/α-hetero) is 1. The number of hydrogen-bond donors (Lipinski definition) is 0. The minimum Gasteiger partial charge on any atom is -0.467 e. The van der Waals surface area contributed by atoms with Crippen molar-refractivity contribution in [2.24, 2.45) is 0 Å². The number of carbonyl (C=O) groups is 3. The number of rotatable bonds is 4. The molecule has 1 fully saturated rings. The molecule has 0 spiro atoms. The van der Waals surface area contributed by atoms with Crippen LogP contribution in [0.2, 0.25) is 0 Å². The molecule has 1 heterocycles. The van der Waals surface area contributed by atoms with Crippen LogP contribution in [0.25, 0.3) is 0 Å². The third-order valence-electron chi connectivity index (χ3n) is 4.41. The molecule has 1 aliphatic rings. The fourth-order valence-electron chi connectivity index (χ4n) is 3.20. The normalized spacial score (nSPS) is 17.0. The summed E-state index contributed by atoms with van der Waals surface area (Å²) < 4.78 is 4.77. The maximum Gasteiger partial charge on any atom is 0.329 e. The van der Waals surface area contributed by atoms with E-state index in [0.29, 0.717) is 0 Å². The Hall–Kier alpha value is -2.95. The molecular weight excluding hydrogens is 318 g/mol. The van der Waals surface area contributed by atoms with Crippen molar-refractivity contribution < 1.29 is 19.1 Å². The minimum atomic E-state index is -0.847. The molecule has 25 heavy (non-hydrogen) atoms. The van der Waals surface area contributed by atoms with Crippen LogP contribution in [-0.4, -0.2) is 42.3 Å². The van der Waals surface area contributed by atoms with Gasteiger partial charge in [0.25, 0.3) is 0 Å². The highest BCUT2D eigenvalue weighted by Gasteiger charge is 2.42. The summed E-state index contributed by atoms with van der Waals surface area (Å²) in [5, 5.41) is 0. The second-order valence-electron chi connectivity index (χ2n) is 6.00. The Morgan fingerprint density at radius 2 is 1.52 bits per heavy atom. The molecule has 2 aromatic rings. The second kappa shape index (κ2) is 7.30. The van der Waals surface area contributed by atoms with Crippen molar-refractivity contribution in [2.75, 3.05) is 13.7 Å². The Bertz CT molecular complexity index is 733. The first-order chi connectivity index (χ1) is 12.1. The third kappa shape index (κ3) is 3.45. The van der Waals surface area contributed by atoms with Gasteiger partial charge in [0.1, 0.15) is 6.04 Å². The summed E-state index contributed by atoms with van der Waals surface area (Å²) in [6.07, 6.45) is 0.00864. The molecule has 1 aliphatic heterocycles. The quantitative estimate of drug-likeness (QED) is 0.802. The largest absolute Gasteiger partial charge is 0.467 e. The Morgan fingerprint density at radius 3 is 2.00 bits per heavy atom. The summed E-state index contributed by atoms with van der Waals surface area (Å²) in [5.41, 5.74) is 1.64. The van der Waals surface area contributed by atoms with E-state index in [1.165, 1.54) is 12.0 Å². The first kappa shape index (κ1) is 16.9. The lowest BCUT2D eigenvalue weighted by Gasteiger charge is -2.27. The zero-order valence-corrected chi connectivity index (χ0v) is 13.9. The van der Waals surface area contributed by atoms with Crippen molar-refractivity contribution >= 4 is 17.7 Å². The highest BCUT2D eigenvalue weighted by molar-refractivity contribution is 5.99. The SMILES string of the molecule is COC(=O)[C@@H]1CC(=O)CN1C(=O)C(c1ccccc1)c1ccccc1. The molecule has 0 radical (unpaired) electrons. The van der Waals surface area contributed by atoms with Crippen LogP contribution in [0.1, 0.15) is 23.5 Å². The molecule has 1 amide bonds. The molecule has 0 N–H and O–H groups in total.